The molecule has 3 aromatic carbocycles. The van der Waals surface area contributed by atoms with Crippen LogP contribution in [-0.2, 0) is 11.2 Å². The number of hydrogen-bond acceptors (Lipinski definition) is 4. The van der Waals surface area contributed by atoms with Crippen LogP contribution in [0.1, 0.15) is 35.5 Å². The highest BCUT2D eigenvalue weighted by atomic mass is 79.9. The first-order valence-corrected chi connectivity index (χ1v) is 11.1. The molecule has 0 aliphatic heterocycles. The summed E-state index contributed by atoms with van der Waals surface area (Å²) >= 11 is 3.37. The molecule has 162 valence electrons. The van der Waals surface area contributed by atoms with Gasteiger partial charge in [-0.3, -0.25) is 9.59 Å². The Balaban J connectivity index is 1.61. The first kappa shape index (κ1) is 21.8. The molecule has 0 radical (unpaired) electrons. The van der Waals surface area contributed by atoms with E-state index in [0.29, 0.717) is 28.0 Å². The van der Waals surface area contributed by atoms with E-state index < -0.39 is 6.10 Å². The molecule has 1 heterocycles. The molecule has 0 fully saturated rings. The highest BCUT2D eigenvalue weighted by molar-refractivity contribution is 9.10. The van der Waals surface area contributed by atoms with Crippen LogP contribution >= 0.6 is 15.9 Å². The van der Waals surface area contributed by atoms with Crippen molar-refractivity contribution in [1.29, 1.82) is 0 Å². The van der Waals surface area contributed by atoms with Crippen molar-refractivity contribution in [1.82, 2.24) is 0 Å². The summed E-state index contributed by atoms with van der Waals surface area (Å²) in [6.45, 7) is 3.75. The van der Waals surface area contributed by atoms with Gasteiger partial charge in [0.1, 0.15) is 11.3 Å². The number of amides is 1. The van der Waals surface area contributed by atoms with Crippen LogP contribution in [0.25, 0.3) is 11.0 Å². The Morgan fingerprint density at radius 2 is 1.69 bits per heavy atom. The number of para-hydroxylation sites is 1. The van der Waals surface area contributed by atoms with Crippen molar-refractivity contribution in [2.75, 3.05) is 5.32 Å². The quantitative estimate of drug-likeness (QED) is 0.304. The van der Waals surface area contributed by atoms with Crippen LogP contribution in [0.4, 0.5) is 5.69 Å². The van der Waals surface area contributed by atoms with E-state index >= 15 is 0 Å². The Bertz CT molecular complexity index is 1260. The van der Waals surface area contributed by atoms with Gasteiger partial charge >= 0.3 is 0 Å². The number of benzene rings is 3. The van der Waals surface area contributed by atoms with Crippen LogP contribution in [0.15, 0.2) is 81.7 Å². The summed E-state index contributed by atoms with van der Waals surface area (Å²) in [7, 11) is 0. The minimum absolute atomic E-state index is 0.0846. The van der Waals surface area contributed by atoms with Gasteiger partial charge in [-0.05, 0) is 67.4 Å². The number of fused-ring (bicyclic) bond motifs is 1. The Hall–Kier alpha value is -3.38. The van der Waals surface area contributed by atoms with Crippen LogP contribution in [0.5, 0.6) is 5.75 Å². The number of hydrogen-bond donors (Lipinski definition) is 1. The molecule has 6 heteroatoms. The maximum absolute atomic E-state index is 13.2. The Morgan fingerprint density at radius 1 is 1.00 bits per heavy atom. The lowest BCUT2D eigenvalue weighted by atomic mass is 10.1. The summed E-state index contributed by atoms with van der Waals surface area (Å²) in [5.41, 5.74) is 2.51. The van der Waals surface area contributed by atoms with Crippen LogP contribution < -0.4 is 10.1 Å². The van der Waals surface area contributed by atoms with Crippen molar-refractivity contribution in [3.8, 4) is 5.75 Å². The van der Waals surface area contributed by atoms with Gasteiger partial charge in [0.2, 0.25) is 5.78 Å². The molecule has 32 heavy (non-hydrogen) atoms. The third kappa shape index (κ3) is 4.60. The summed E-state index contributed by atoms with van der Waals surface area (Å²) < 4.78 is 12.5. The van der Waals surface area contributed by atoms with E-state index in [0.717, 1.165) is 10.9 Å². The van der Waals surface area contributed by atoms with Crippen LogP contribution in [0, 0.1) is 0 Å². The number of anilines is 1. The van der Waals surface area contributed by atoms with Gasteiger partial charge in [-0.15, -0.1) is 0 Å². The minimum atomic E-state index is -0.772. The summed E-state index contributed by atoms with van der Waals surface area (Å²) in [5, 5.41) is 3.50. The minimum Gasteiger partial charge on any atom is -0.481 e. The molecule has 0 aliphatic carbocycles. The van der Waals surface area contributed by atoms with Gasteiger partial charge in [0, 0.05) is 15.4 Å². The lowest BCUT2D eigenvalue weighted by molar-refractivity contribution is -0.122. The normalized spacial score (nSPS) is 11.8. The molecular formula is C26H22BrNO4. The first-order valence-electron chi connectivity index (χ1n) is 10.3. The van der Waals surface area contributed by atoms with E-state index in [1.165, 1.54) is 5.56 Å². The summed E-state index contributed by atoms with van der Waals surface area (Å²) in [5.74, 6) is 0.00291. The maximum Gasteiger partial charge on any atom is 0.265 e. The third-order valence-corrected chi connectivity index (χ3v) is 5.70. The number of halogens is 1. The second-order valence-electron chi connectivity index (χ2n) is 7.39. The van der Waals surface area contributed by atoms with Gasteiger partial charge in [0.05, 0.1) is 5.69 Å². The zero-order chi connectivity index (χ0) is 22.7. The van der Waals surface area contributed by atoms with Crippen LogP contribution in [-0.4, -0.2) is 17.8 Å². The van der Waals surface area contributed by atoms with Crippen LogP contribution in [0.3, 0.4) is 0 Å². The molecule has 0 unspecified atom stereocenters. The zero-order valence-electron chi connectivity index (χ0n) is 17.7. The molecule has 0 saturated carbocycles. The van der Waals surface area contributed by atoms with E-state index in [9.17, 15) is 9.59 Å². The van der Waals surface area contributed by atoms with Gasteiger partial charge in [0.15, 0.2) is 11.9 Å². The monoisotopic (exact) mass is 491 g/mol. The van der Waals surface area contributed by atoms with Crippen molar-refractivity contribution in [3.63, 3.8) is 0 Å². The van der Waals surface area contributed by atoms with Crippen molar-refractivity contribution in [2.45, 2.75) is 26.4 Å². The zero-order valence-corrected chi connectivity index (χ0v) is 19.3. The first-order chi connectivity index (χ1) is 15.5. The molecule has 0 bridgehead atoms. The average Bonchev–Trinajstić information content (AvgIpc) is 3.18. The number of ketones is 1. The molecule has 5 nitrogen and oxygen atoms in total. The third-order valence-electron chi connectivity index (χ3n) is 5.17. The van der Waals surface area contributed by atoms with Crippen molar-refractivity contribution < 1.29 is 18.7 Å². The highest BCUT2D eigenvalue weighted by Gasteiger charge is 2.25. The van der Waals surface area contributed by atoms with E-state index in [-0.39, 0.29) is 17.5 Å². The van der Waals surface area contributed by atoms with Crippen LogP contribution in [0.2, 0.25) is 0 Å². The SMILES string of the molecule is CCc1ccc(O[C@H](C)C(=O)Nc2c(C(=O)c3ccc(Br)cc3)oc3ccccc23)cc1. The molecule has 0 spiro atoms. The predicted molar refractivity (Wildman–Crippen MR) is 128 cm³/mol. The van der Waals surface area contributed by atoms with Crippen molar-refractivity contribution in [2.24, 2.45) is 0 Å². The fourth-order valence-corrected chi connectivity index (χ4v) is 3.61. The summed E-state index contributed by atoms with van der Waals surface area (Å²) in [6.07, 6.45) is 0.158. The second-order valence-corrected chi connectivity index (χ2v) is 8.30. The van der Waals surface area contributed by atoms with E-state index in [2.05, 4.69) is 28.2 Å². The van der Waals surface area contributed by atoms with E-state index in [1.54, 1.807) is 37.3 Å². The van der Waals surface area contributed by atoms with Gasteiger partial charge in [-0.2, -0.15) is 0 Å². The maximum atomic E-state index is 13.2. The largest absolute Gasteiger partial charge is 0.481 e. The lowest BCUT2D eigenvalue weighted by Crippen LogP contribution is -2.30. The fraction of sp³-hybridized carbons (Fsp3) is 0.154. The Labute approximate surface area is 194 Å². The molecule has 1 aromatic heterocycles. The van der Waals surface area contributed by atoms with Crippen molar-refractivity contribution in [3.05, 3.63) is 94.2 Å². The Morgan fingerprint density at radius 3 is 2.38 bits per heavy atom. The number of carbonyl (C=O) groups is 2. The number of rotatable bonds is 7. The van der Waals surface area contributed by atoms with E-state index in [1.807, 2.05) is 42.5 Å². The van der Waals surface area contributed by atoms with E-state index in [4.69, 9.17) is 9.15 Å². The average molecular weight is 492 g/mol. The molecule has 4 rings (SSSR count). The topological polar surface area (TPSA) is 68.5 Å². The van der Waals surface area contributed by atoms with Gasteiger partial charge in [-0.25, -0.2) is 0 Å². The number of nitrogens with one attached hydrogen (secondary N) is 1. The molecule has 0 saturated heterocycles. The lowest BCUT2D eigenvalue weighted by Gasteiger charge is -2.15. The number of aryl methyl sites for hydroxylation is 1. The highest BCUT2D eigenvalue weighted by Crippen LogP contribution is 2.33. The van der Waals surface area contributed by atoms with Gasteiger partial charge in [0.25, 0.3) is 5.91 Å². The smallest absolute Gasteiger partial charge is 0.265 e. The number of furan rings is 1. The number of ether oxygens (including phenoxy) is 1. The van der Waals surface area contributed by atoms with Crippen molar-refractivity contribution >= 4 is 44.3 Å². The number of carbonyl (C=O) groups excluding carboxylic acids is 2. The fourth-order valence-electron chi connectivity index (χ4n) is 3.35. The van der Waals surface area contributed by atoms with Gasteiger partial charge in [-0.1, -0.05) is 47.1 Å². The molecular weight excluding hydrogens is 470 g/mol. The summed E-state index contributed by atoms with van der Waals surface area (Å²) in [6, 6.07) is 21.8. The molecule has 1 amide bonds. The molecule has 1 atom stereocenters. The van der Waals surface area contributed by atoms with Gasteiger partial charge < -0.3 is 14.5 Å². The summed E-state index contributed by atoms with van der Waals surface area (Å²) in [4.78, 5) is 26.1. The molecule has 0 aliphatic rings. The standard InChI is InChI=1S/C26H22BrNO4/c1-3-17-8-14-20(15-9-17)31-16(2)26(30)28-23-21-6-4-5-7-22(21)32-25(23)24(29)18-10-12-19(27)13-11-18/h4-16H,3H2,1-2H3,(H,28,30)/t16-/m1/s1. The Kier molecular flexibility index (Phi) is 6.42. The predicted octanol–water partition coefficient (Wildman–Crippen LogP) is 6.39. The molecule has 4 aromatic rings. The molecule has 1 N–H and O–H groups in total. The second kappa shape index (κ2) is 9.40.